The Labute approximate surface area is 93.0 Å². The van der Waals surface area contributed by atoms with E-state index in [2.05, 4.69) is 6.07 Å². The summed E-state index contributed by atoms with van der Waals surface area (Å²) in [7, 11) is 3.86. The van der Waals surface area contributed by atoms with Crippen LogP contribution in [0.1, 0.15) is 27.7 Å². The maximum absolute atomic E-state index is 10.3. The number of hydrogen-bond donors (Lipinski definition) is 1. The number of nitriles is 1. The lowest BCUT2D eigenvalue weighted by molar-refractivity contribution is -0.00374. The van der Waals surface area contributed by atoms with E-state index >= 15 is 0 Å². The van der Waals surface area contributed by atoms with Gasteiger partial charge in [0.2, 0.25) is 0 Å². The van der Waals surface area contributed by atoms with Crippen LogP contribution in [0.4, 0.5) is 0 Å². The molecule has 15 heavy (non-hydrogen) atoms. The Balaban J connectivity index is 5.00. The third-order valence-electron chi connectivity index (χ3n) is 2.77. The van der Waals surface area contributed by atoms with E-state index in [9.17, 15) is 5.11 Å². The molecule has 0 amide bonds. The molecule has 0 saturated heterocycles. The maximum Gasteiger partial charge on any atom is 0.101 e. The first-order chi connectivity index (χ1) is 6.63. The maximum atomic E-state index is 10.3. The lowest BCUT2D eigenvalue weighted by Gasteiger charge is -2.36. The second-order valence-corrected chi connectivity index (χ2v) is 5.31. The predicted molar refractivity (Wildman–Crippen MR) is 62.3 cm³/mol. The lowest BCUT2D eigenvalue weighted by atomic mass is 9.73. The number of nitrogens with zero attached hydrogens (tertiary/aromatic N) is 2. The molecule has 0 saturated carbocycles. The average Bonchev–Trinajstić information content (AvgIpc) is 2.02. The highest BCUT2D eigenvalue weighted by Crippen LogP contribution is 2.35. The van der Waals surface area contributed by atoms with Gasteiger partial charge < -0.3 is 10.0 Å². The van der Waals surface area contributed by atoms with E-state index in [1.807, 2.05) is 39.8 Å². The molecule has 0 spiro atoms. The van der Waals surface area contributed by atoms with E-state index in [0.717, 1.165) is 0 Å². The van der Waals surface area contributed by atoms with Crippen LogP contribution in [0.3, 0.4) is 0 Å². The minimum absolute atomic E-state index is 0.346. The van der Waals surface area contributed by atoms with Crippen molar-refractivity contribution in [2.75, 3.05) is 20.6 Å². The largest absolute Gasteiger partial charge is 0.384 e. The molecule has 0 aliphatic carbocycles. The quantitative estimate of drug-likeness (QED) is 0.722. The molecule has 86 valence electrons. The molecule has 0 bridgehead atoms. The summed E-state index contributed by atoms with van der Waals surface area (Å²) in [6.45, 7) is 8.13. The summed E-state index contributed by atoms with van der Waals surface area (Å²) in [5, 5.41) is 19.4. The predicted octanol–water partition coefficient (Wildman–Crippen LogP) is 1.80. The van der Waals surface area contributed by atoms with Crippen molar-refractivity contribution in [1.29, 1.82) is 5.26 Å². The van der Waals surface area contributed by atoms with Crippen molar-refractivity contribution in [3.63, 3.8) is 0 Å². The Morgan fingerprint density at radius 2 is 1.80 bits per heavy atom. The molecule has 0 aromatic carbocycles. The van der Waals surface area contributed by atoms with Gasteiger partial charge in [-0.1, -0.05) is 26.8 Å². The van der Waals surface area contributed by atoms with E-state index in [-0.39, 0.29) is 5.41 Å². The Morgan fingerprint density at radius 3 is 2.07 bits per heavy atom. The van der Waals surface area contributed by atoms with Gasteiger partial charge >= 0.3 is 0 Å². The first-order valence-corrected chi connectivity index (χ1v) is 5.10. The van der Waals surface area contributed by atoms with E-state index in [1.165, 1.54) is 0 Å². The molecule has 0 aliphatic rings. The standard InChI is InChI=1S/C12H22N2O/c1-11(2,3)12(4,15)10(9-13)7-8-14(5)6/h7,15H,8H2,1-6H3/b10-7+. The fourth-order valence-corrected chi connectivity index (χ4v) is 1.03. The van der Waals surface area contributed by atoms with E-state index in [0.29, 0.717) is 12.1 Å². The van der Waals surface area contributed by atoms with Gasteiger partial charge in [-0.05, 0) is 26.4 Å². The van der Waals surface area contributed by atoms with Crippen molar-refractivity contribution in [3.05, 3.63) is 11.6 Å². The van der Waals surface area contributed by atoms with Crippen LogP contribution in [-0.4, -0.2) is 36.2 Å². The zero-order valence-corrected chi connectivity index (χ0v) is 10.6. The fourth-order valence-electron chi connectivity index (χ4n) is 1.03. The summed E-state index contributed by atoms with van der Waals surface area (Å²) in [6.07, 6.45) is 1.78. The summed E-state index contributed by atoms with van der Waals surface area (Å²) in [4.78, 5) is 1.95. The molecule has 0 heterocycles. The van der Waals surface area contributed by atoms with Crippen LogP contribution in [0.5, 0.6) is 0 Å². The molecule has 0 aromatic heterocycles. The van der Waals surface area contributed by atoms with Gasteiger partial charge in [-0.2, -0.15) is 5.26 Å². The Kier molecular flexibility index (Phi) is 4.51. The van der Waals surface area contributed by atoms with Gasteiger partial charge in [0.25, 0.3) is 0 Å². The van der Waals surface area contributed by atoms with Gasteiger partial charge in [-0.25, -0.2) is 0 Å². The molecule has 1 unspecified atom stereocenters. The Hall–Kier alpha value is -0.850. The number of aliphatic hydroxyl groups is 1. The molecule has 1 N–H and O–H groups in total. The van der Waals surface area contributed by atoms with Crippen LogP contribution in [-0.2, 0) is 0 Å². The molecule has 0 aliphatic heterocycles. The van der Waals surface area contributed by atoms with E-state index in [4.69, 9.17) is 5.26 Å². The zero-order chi connectivity index (χ0) is 12.3. The average molecular weight is 210 g/mol. The van der Waals surface area contributed by atoms with E-state index in [1.54, 1.807) is 13.0 Å². The molecular weight excluding hydrogens is 188 g/mol. The monoisotopic (exact) mass is 210 g/mol. The van der Waals surface area contributed by atoms with Crippen molar-refractivity contribution in [2.24, 2.45) is 5.41 Å². The topological polar surface area (TPSA) is 47.3 Å². The molecular formula is C12H22N2O. The third kappa shape index (κ3) is 3.65. The smallest absolute Gasteiger partial charge is 0.101 e. The highest BCUT2D eigenvalue weighted by Gasteiger charge is 2.38. The van der Waals surface area contributed by atoms with Crippen molar-refractivity contribution in [3.8, 4) is 6.07 Å². The zero-order valence-electron chi connectivity index (χ0n) is 10.6. The van der Waals surface area contributed by atoms with Crippen molar-refractivity contribution in [2.45, 2.75) is 33.3 Å². The summed E-state index contributed by atoms with van der Waals surface area (Å²) in [6, 6.07) is 2.09. The summed E-state index contributed by atoms with van der Waals surface area (Å²) in [5.41, 5.74) is -0.998. The molecule has 0 aromatic rings. The van der Waals surface area contributed by atoms with Gasteiger partial charge in [-0.3, -0.25) is 0 Å². The van der Waals surface area contributed by atoms with E-state index < -0.39 is 5.60 Å². The SMILES string of the molecule is CN(C)C/C=C(\C#N)C(C)(O)C(C)(C)C. The summed E-state index contributed by atoms with van der Waals surface area (Å²) in [5.74, 6) is 0. The van der Waals surface area contributed by atoms with Crippen LogP contribution in [0.25, 0.3) is 0 Å². The highest BCUT2D eigenvalue weighted by molar-refractivity contribution is 5.32. The molecule has 0 radical (unpaired) electrons. The highest BCUT2D eigenvalue weighted by atomic mass is 16.3. The van der Waals surface area contributed by atoms with Crippen LogP contribution < -0.4 is 0 Å². The molecule has 0 fully saturated rings. The number of hydrogen-bond acceptors (Lipinski definition) is 3. The second-order valence-electron chi connectivity index (χ2n) is 5.31. The minimum atomic E-state index is -1.09. The van der Waals surface area contributed by atoms with Gasteiger partial charge in [0.1, 0.15) is 5.60 Å². The van der Waals surface area contributed by atoms with Crippen LogP contribution in [0, 0.1) is 16.7 Å². The molecule has 1 atom stereocenters. The molecule has 3 nitrogen and oxygen atoms in total. The van der Waals surface area contributed by atoms with Crippen LogP contribution in [0.15, 0.2) is 11.6 Å². The minimum Gasteiger partial charge on any atom is -0.384 e. The van der Waals surface area contributed by atoms with Gasteiger partial charge in [0, 0.05) is 6.54 Å². The number of rotatable bonds is 3. The first kappa shape index (κ1) is 14.2. The number of likely N-dealkylation sites (N-methyl/N-ethyl adjacent to an activating group) is 1. The summed E-state index contributed by atoms with van der Waals surface area (Å²) < 4.78 is 0. The van der Waals surface area contributed by atoms with Crippen molar-refractivity contribution in [1.82, 2.24) is 4.90 Å². The van der Waals surface area contributed by atoms with Gasteiger partial charge in [0.15, 0.2) is 0 Å². The Bertz CT molecular complexity index is 277. The lowest BCUT2D eigenvalue weighted by Crippen LogP contribution is -2.41. The first-order valence-electron chi connectivity index (χ1n) is 5.10. The summed E-state index contributed by atoms with van der Waals surface area (Å²) >= 11 is 0. The fraction of sp³-hybridized carbons (Fsp3) is 0.750. The van der Waals surface area contributed by atoms with Crippen molar-refractivity contribution >= 4 is 0 Å². The normalized spacial score (nSPS) is 17.4. The molecule has 0 rings (SSSR count). The third-order valence-corrected chi connectivity index (χ3v) is 2.77. The van der Waals surface area contributed by atoms with Gasteiger partial charge in [-0.15, -0.1) is 0 Å². The van der Waals surface area contributed by atoms with Crippen LogP contribution >= 0.6 is 0 Å². The Morgan fingerprint density at radius 1 is 1.33 bits per heavy atom. The van der Waals surface area contributed by atoms with Crippen molar-refractivity contribution < 1.29 is 5.11 Å². The van der Waals surface area contributed by atoms with Gasteiger partial charge in [0.05, 0.1) is 11.6 Å². The second kappa shape index (κ2) is 4.78. The van der Waals surface area contributed by atoms with Crippen LogP contribution in [0.2, 0.25) is 0 Å². The molecule has 3 heteroatoms.